The van der Waals surface area contributed by atoms with E-state index in [2.05, 4.69) is 10.1 Å². The number of fused-ring (bicyclic) bond motifs is 1. The second-order valence-corrected chi connectivity index (χ2v) is 7.23. The minimum atomic E-state index is -0.0176. The molecule has 0 radical (unpaired) electrons. The number of rotatable bonds is 3. The number of likely N-dealkylation sites (tertiary alicyclic amines) is 1. The van der Waals surface area contributed by atoms with Crippen LogP contribution in [0.25, 0.3) is 28.2 Å². The zero-order valence-electron chi connectivity index (χ0n) is 15.8. The first-order valence-electron chi connectivity index (χ1n) is 9.60. The van der Waals surface area contributed by atoms with E-state index in [9.17, 15) is 4.79 Å². The molecule has 3 aromatic heterocycles. The topological polar surface area (TPSA) is 89.4 Å². The predicted molar refractivity (Wildman–Crippen MR) is 110 cm³/mol. The Kier molecular flexibility index (Phi) is 4.29. The molecule has 1 atom stereocenters. The Morgan fingerprint density at radius 2 is 1.97 bits per heavy atom. The van der Waals surface area contributed by atoms with Crippen LogP contribution in [0.2, 0.25) is 0 Å². The number of carbonyl (C=O) groups is 1. The molecule has 1 fully saturated rings. The van der Waals surface area contributed by atoms with E-state index in [0.29, 0.717) is 30.0 Å². The fourth-order valence-corrected chi connectivity index (χ4v) is 3.68. The number of benzene rings is 1. The van der Waals surface area contributed by atoms with Crippen LogP contribution in [0.1, 0.15) is 16.8 Å². The largest absolute Gasteiger partial charge is 0.337 e. The van der Waals surface area contributed by atoms with E-state index in [1.54, 1.807) is 33.9 Å². The molecule has 2 N–H and O–H groups in total. The lowest BCUT2D eigenvalue weighted by atomic mass is 10.1. The third-order valence-corrected chi connectivity index (χ3v) is 5.23. The van der Waals surface area contributed by atoms with Gasteiger partial charge < -0.3 is 10.6 Å². The summed E-state index contributed by atoms with van der Waals surface area (Å²) in [6, 6.07) is 15.5. The van der Waals surface area contributed by atoms with Gasteiger partial charge in [0.25, 0.3) is 5.91 Å². The molecule has 0 aliphatic carbocycles. The SMILES string of the molecule is N[C@H]1CCN(C(=O)c2ccnc(-c3cnn4ccc(-c5ccccc5)nc34)c2)C1. The summed E-state index contributed by atoms with van der Waals surface area (Å²) in [6.07, 6.45) is 6.11. The van der Waals surface area contributed by atoms with Crippen LogP contribution < -0.4 is 5.73 Å². The molecule has 4 heterocycles. The average Bonchev–Trinajstić information content (AvgIpc) is 3.39. The van der Waals surface area contributed by atoms with E-state index in [1.807, 2.05) is 42.6 Å². The van der Waals surface area contributed by atoms with E-state index >= 15 is 0 Å². The number of amides is 1. The number of hydrogen-bond donors (Lipinski definition) is 1. The van der Waals surface area contributed by atoms with E-state index in [1.165, 1.54) is 0 Å². The average molecular weight is 384 g/mol. The van der Waals surface area contributed by atoms with Crippen molar-refractivity contribution < 1.29 is 4.79 Å². The van der Waals surface area contributed by atoms with Crippen LogP contribution in [0.15, 0.2) is 67.1 Å². The molecule has 0 unspecified atom stereocenters. The molecule has 0 bridgehead atoms. The van der Waals surface area contributed by atoms with Crippen molar-refractivity contribution in [3.63, 3.8) is 0 Å². The lowest BCUT2D eigenvalue weighted by Crippen LogP contribution is -2.31. The molecule has 144 valence electrons. The Bertz CT molecular complexity index is 1190. The van der Waals surface area contributed by atoms with Crippen molar-refractivity contribution in [2.45, 2.75) is 12.5 Å². The molecule has 0 spiro atoms. The highest BCUT2D eigenvalue weighted by Gasteiger charge is 2.25. The van der Waals surface area contributed by atoms with Gasteiger partial charge in [0.1, 0.15) is 0 Å². The molecular formula is C22H20N6O. The summed E-state index contributed by atoms with van der Waals surface area (Å²) in [6.45, 7) is 1.28. The Balaban J connectivity index is 1.53. The van der Waals surface area contributed by atoms with Gasteiger partial charge in [-0.25, -0.2) is 9.50 Å². The summed E-state index contributed by atoms with van der Waals surface area (Å²) in [7, 11) is 0. The lowest BCUT2D eigenvalue weighted by molar-refractivity contribution is 0.0791. The molecule has 1 aliphatic rings. The van der Waals surface area contributed by atoms with Crippen LogP contribution in [-0.2, 0) is 0 Å². The van der Waals surface area contributed by atoms with Crippen molar-refractivity contribution in [2.75, 3.05) is 13.1 Å². The van der Waals surface area contributed by atoms with Gasteiger partial charge in [0.15, 0.2) is 5.65 Å². The molecule has 5 rings (SSSR count). The van der Waals surface area contributed by atoms with Crippen molar-refractivity contribution in [3.05, 3.63) is 72.7 Å². The number of carbonyl (C=O) groups excluding carboxylic acids is 1. The summed E-state index contributed by atoms with van der Waals surface area (Å²) in [5.41, 5.74) is 10.6. The normalized spacial score (nSPS) is 16.4. The smallest absolute Gasteiger partial charge is 0.254 e. The molecule has 0 saturated carbocycles. The summed E-state index contributed by atoms with van der Waals surface area (Å²) in [4.78, 5) is 23.9. The minimum Gasteiger partial charge on any atom is -0.337 e. The van der Waals surface area contributed by atoms with Crippen molar-refractivity contribution in [3.8, 4) is 22.5 Å². The van der Waals surface area contributed by atoms with E-state index < -0.39 is 0 Å². The van der Waals surface area contributed by atoms with E-state index in [0.717, 1.165) is 23.2 Å². The zero-order chi connectivity index (χ0) is 19.8. The Hall–Kier alpha value is -3.58. The van der Waals surface area contributed by atoms with Crippen molar-refractivity contribution >= 4 is 11.6 Å². The zero-order valence-corrected chi connectivity index (χ0v) is 15.8. The van der Waals surface area contributed by atoms with Gasteiger partial charge in [0.05, 0.1) is 23.1 Å². The molecule has 1 aliphatic heterocycles. The van der Waals surface area contributed by atoms with Gasteiger partial charge in [-0.15, -0.1) is 0 Å². The molecule has 4 aromatic rings. The molecule has 1 saturated heterocycles. The summed E-state index contributed by atoms with van der Waals surface area (Å²) in [5, 5.41) is 4.39. The number of pyridine rings is 1. The first kappa shape index (κ1) is 17.5. The third kappa shape index (κ3) is 3.25. The van der Waals surface area contributed by atoms with Gasteiger partial charge >= 0.3 is 0 Å². The maximum atomic E-state index is 12.8. The first-order valence-corrected chi connectivity index (χ1v) is 9.60. The molecule has 1 aromatic carbocycles. The van der Waals surface area contributed by atoms with Crippen molar-refractivity contribution in [1.82, 2.24) is 24.5 Å². The Labute approximate surface area is 167 Å². The van der Waals surface area contributed by atoms with Gasteiger partial charge in [0.2, 0.25) is 0 Å². The van der Waals surface area contributed by atoms with Gasteiger partial charge in [-0.1, -0.05) is 30.3 Å². The maximum Gasteiger partial charge on any atom is 0.254 e. The standard InChI is InChI=1S/C22H20N6O/c23-17-7-10-27(14-17)22(29)16-6-9-24-20(12-16)18-13-25-28-11-8-19(26-21(18)28)15-4-2-1-3-5-15/h1-6,8-9,11-13,17H,7,10,14,23H2/t17-/m0/s1. The fourth-order valence-electron chi connectivity index (χ4n) is 3.68. The molecule has 7 heteroatoms. The Morgan fingerprint density at radius 3 is 2.76 bits per heavy atom. The highest BCUT2D eigenvalue weighted by Crippen LogP contribution is 2.25. The quantitative estimate of drug-likeness (QED) is 0.586. The van der Waals surface area contributed by atoms with Gasteiger partial charge in [-0.05, 0) is 24.6 Å². The monoisotopic (exact) mass is 384 g/mol. The second-order valence-electron chi connectivity index (χ2n) is 7.23. The second kappa shape index (κ2) is 7.10. The fraction of sp³-hybridized carbons (Fsp3) is 0.182. The van der Waals surface area contributed by atoms with E-state index in [-0.39, 0.29) is 11.9 Å². The maximum absolute atomic E-state index is 12.8. The summed E-state index contributed by atoms with van der Waals surface area (Å²) in [5.74, 6) is -0.0176. The lowest BCUT2D eigenvalue weighted by Gasteiger charge is -2.15. The number of aromatic nitrogens is 4. The van der Waals surface area contributed by atoms with Crippen molar-refractivity contribution in [2.24, 2.45) is 5.73 Å². The third-order valence-electron chi connectivity index (χ3n) is 5.23. The van der Waals surface area contributed by atoms with Crippen LogP contribution in [0.5, 0.6) is 0 Å². The molecule has 7 nitrogen and oxygen atoms in total. The number of nitrogens with zero attached hydrogens (tertiary/aromatic N) is 5. The first-order chi connectivity index (χ1) is 14.2. The van der Waals surface area contributed by atoms with Gasteiger partial charge in [0, 0.05) is 42.7 Å². The van der Waals surface area contributed by atoms with Crippen LogP contribution in [0.3, 0.4) is 0 Å². The van der Waals surface area contributed by atoms with Gasteiger partial charge in [-0.2, -0.15) is 5.10 Å². The summed E-state index contributed by atoms with van der Waals surface area (Å²) >= 11 is 0. The number of nitrogens with two attached hydrogens (primary N) is 1. The van der Waals surface area contributed by atoms with E-state index in [4.69, 9.17) is 10.7 Å². The molecular weight excluding hydrogens is 364 g/mol. The predicted octanol–water partition coefficient (Wildman–Crippen LogP) is 2.63. The van der Waals surface area contributed by atoms with Crippen LogP contribution >= 0.6 is 0 Å². The van der Waals surface area contributed by atoms with Crippen LogP contribution in [-0.4, -0.2) is 49.5 Å². The minimum absolute atomic E-state index is 0.0176. The molecule has 29 heavy (non-hydrogen) atoms. The van der Waals surface area contributed by atoms with Gasteiger partial charge in [-0.3, -0.25) is 9.78 Å². The van der Waals surface area contributed by atoms with Crippen molar-refractivity contribution in [1.29, 1.82) is 0 Å². The number of hydrogen-bond acceptors (Lipinski definition) is 5. The molecule has 1 amide bonds. The Morgan fingerprint density at radius 1 is 1.10 bits per heavy atom. The highest BCUT2D eigenvalue weighted by molar-refractivity contribution is 5.95. The summed E-state index contributed by atoms with van der Waals surface area (Å²) < 4.78 is 1.72. The van der Waals surface area contributed by atoms with Crippen LogP contribution in [0, 0.1) is 0 Å². The highest BCUT2D eigenvalue weighted by atomic mass is 16.2. The van der Waals surface area contributed by atoms with Crippen LogP contribution in [0.4, 0.5) is 0 Å².